The van der Waals surface area contributed by atoms with E-state index in [2.05, 4.69) is 14.4 Å². The Labute approximate surface area is 113 Å². The highest BCUT2D eigenvalue weighted by atomic mass is 32.2. The number of thiazole rings is 1. The summed E-state index contributed by atoms with van der Waals surface area (Å²) in [5.41, 5.74) is -1.01. The number of nitrogens with one attached hydrogen (secondary N) is 2. The van der Waals surface area contributed by atoms with Gasteiger partial charge in [0.05, 0.1) is 6.04 Å². The average molecular weight is 317 g/mol. The monoisotopic (exact) mass is 317 g/mol. The van der Waals surface area contributed by atoms with E-state index in [-0.39, 0.29) is 11.6 Å². The van der Waals surface area contributed by atoms with Crippen LogP contribution in [0.4, 0.5) is 13.2 Å². The lowest BCUT2D eigenvalue weighted by atomic mass is 10.2. The van der Waals surface area contributed by atoms with Gasteiger partial charge in [0, 0.05) is 11.9 Å². The third-order valence-electron chi connectivity index (χ3n) is 2.15. The minimum atomic E-state index is -4.52. The van der Waals surface area contributed by atoms with Crippen molar-refractivity contribution in [3.63, 3.8) is 0 Å². The molecule has 0 aliphatic heterocycles. The SMILES string of the molecule is CCNS(=O)(=O)N[C@@H](CC)c1nc(C(F)(F)F)cs1. The Bertz CT molecular complexity index is 513. The minimum Gasteiger partial charge on any atom is -0.235 e. The van der Waals surface area contributed by atoms with Crippen LogP contribution in [0, 0.1) is 0 Å². The van der Waals surface area contributed by atoms with Crippen LogP contribution in [0.1, 0.15) is 37.0 Å². The molecule has 0 saturated carbocycles. The second-order valence-electron chi connectivity index (χ2n) is 3.65. The Balaban J connectivity index is 2.90. The Kier molecular flexibility index (Phi) is 5.30. The number of hydrogen-bond acceptors (Lipinski definition) is 4. The maximum atomic E-state index is 12.4. The molecular formula is C9H14F3N3O2S2. The van der Waals surface area contributed by atoms with E-state index in [9.17, 15) is 21.6 Å². The molecule has 0 saturated heterocycles. The van der Waals surface area contributed by atoms with Crippen LogP contribution in [-0.4, -0.2) is 19.9 Å². The molecule has 2 N–H and O–H groups in total. The zero-order valence-corrected chi connectivity index (χ0v) is 11.9. The van der Waals surface area contributed by atoms with Crippen LogP contribution < -0.4 is 9.44 Å². The van der Waals surface area contributed by atoms with Crippen LogP contribution in [-0.2, 0) is 16.4 Å². The van der Waals surface area contributed by atoms with Crippen molar-refractivity contribution in [2.45, 2.75) is 32.5 Å². The Morgan fingerprint density at radius 1 is 1.42 bits per heavy atom. The molecule has 1 aromatic heterocycles. The standard InChI is InChI=1S/C9H14F3N3O2S2/c1-3-6(15-19(16,17)13-4-2)8-14-7(5-18-8)9(10,11)12/h5-6,13,15H,3-4H2,1-2H3/t6-/m0/s1. The van der Waals surface area contributed by atoms with Gasteiger partial charge >= 0.3 is 6.18 Å². The molecule has 0 aliphatic carbocycles. The van der Waals surface area contributed by atoms with Gasteiger partial charge in [-0.15, -0.1) is 11.3 Å². The molecule has 10 heteroatoms. The first-order valence-electron chi connectivity index (χ1n) is 5.49. The van der Waals surface area contributed by atoms with Crippen molar-refractivity contribution in [3.8, 4) is 0 Å². The largest absolute Gasteiger partial charge is 0.434 e. The van der Waals surface area contributed by atoms with Crippen molar-refractivity contribution >= 4 is 21.5 Å². The van der Waals surface area contributed by atoms with Crippen LogP contribution in [0.2, 0.25) is 0 Å². The van der Waals surface area contributed by atoms with Crippen molar-refractivity contribution in [2.24, 2.45) is 0 Å². The summed E-state index contributed by atoms with van der Waals surface area (Å²) in [5.74, 6) is 0. The molecule has 0 spiro atoms. The summed E-state index contributed by atoms with van der Waals surface area (Å²) in [4.78, 5) is 3.44. The van der Waals surface area contributed by atoms with Crippen molar-refractivity contribution in [3.05, 3.63) is 16.1 Å². The molecule has 0 aliphatic rings. The van der Waals surface area contributed by atoms with E-state index in [0.717, 1.165) is 16.7 Å². The number of alkyl halides is 3. The van der Waals surface area contributed by atoms with E-state index in [1.165, 1.54) is 0 Å². The smallest absolute Gasteiger partial charge is 0.235 e. The van der Waals surface area contributed by atoms with Crippen LogP contribution in [0.25, 0.3) is 0 Å². The Morgan fingerprint density at radius 3 is 2.47 bits per heavy atom. The first-order valence-corrected chi connectivity index (χ1v) is 7.85. The van der Waals surface area contributed by atoms with Crippen LogP contribution in [0.15, 0.2) is 5.38 Å². The highest BCUT2D eigenvalue weighted by molar-refractivity contribution is 7.87. The van der Waals surface area contributed by atoms with E-state index < -0.39 is 28.1 Å². The lowest BCUT2D eigenvalue weighted by molar-refractivity contribution is -0.140. The summed E-state index contributed by atoms with van der Waals surface area (Å²) in [5, 5.41) is 0.968. The third kappa shape index (κ3) is 4.71. The topological polar surface area (TPSA) is 71.1 Å². The van der Waals surface area contributed by atoms with Crippen LogP contribution >= 0.6 is 11.3 Å². The van der Waals surface area contributed by atoms with E-state index >= 15 is 0 Å². The summed E-state index contributed by atoms with van der Waals surface area (Å²) in [7, 11) is -3.73. The summed E-state index contributed by atoms with van der Waals surface area (Å²) in [6, 6.07) is -0.773. The van der Waals surface area contributed by atoms with Gasteiger partial charge in [0.1, 0.15) is 5.01 Å². The van der Waals surface area contributed by atoms with Gasteiger partial charge in [-0.3, -0.25) is 0 Å². The highest BCUT2D eigenvalue weighted by Gasteiger charge is 2.34. The van der Waals surface area contributed by atoms with Crippen LogP contribution in [0.3, 0.4) is 0 Å². The van der Waals surface area contributed by atoms with Crippen LogP contribution in [0.5, 0.6) is 0 Å². The molecule has 0 amide bonds. The van der Waals surface area contributed by atoms with E-state index in [0.29, 0.717) is 6.42 Å². The minimum absolute atomic E-state index is 0.0938. The number of halogens is 3. The Hall–Kier alpha value is -0.710. The number of rotatable bonds is 6. The van der Waals surface area contributed by atoms with Gasteiger partial charge in [-0.05, 0) is 6.42 Å². The predicted molar refractivity (Wildman–Crippen MR) is 65.9 cm³/mol. The van der Waals surface area contributed by atoms with E-state index in [1.807, 2.05) is 0 Å². The highest BCUT2D eigenvalue weighted by Crippen LogP contribution is 2.32. The number of aromatic nitrogens is 1. The maximum Gasteiger partial charge on any atom is 0.434 e. The van der Waals surface area contributed by atoms with Gasteiger partial charge < -0.3 is 0 Å². The molecule has 1 rings (SSSR count). The second-order valence-corrected chi connectivity index (χ2v) is 6.07. The fourth-order valence-electron chi connectivity index (χ4n) is 1.31. The average Bonchev–Trinajstić information content (AvgIpc) is 2.74. The summed E-state index contributed by atoms with van der Waals surface area (Å²) in [6.07, 6.45) is -4.22. The zero-order valence-electron chi connectivity index (χ0n) is 10.3. The van der Waals surface area contributed by atoms with Gasteiger partial charge in [-0.25, -0.2) is 9.71 Å². The molecule has 0 radical (unpaired) electrons. The maximum absolute atomic E-state index is 12.4. The quantitative estimate of drug-likeness (QED) is 0.843. The molecule has 5 nitrogen and oxygen atoms in total. The van der Waals surface area contributed by atoms with Gasteiger partial charge in [0.2, 0.25) is 0 Å². The molecule has 0 fully saturated rings. The van der Waals surface area contributed by atoms with Crippen molar-refractivity contribution in [1.29, 1.82) is 0 Å². The third-order valence-corrected chi connectivity index (χ3v) is 4.37. The normalized spacial score (nSPS) is 14.6. The van der Waals surface area contributed by atoms with Crippen molar-refractivity contribution < 1.29 is 21.6 Å². The van der Waals surface area contributed by atoms with Gasteiger partial charge in [0.15, 0.2) is 5.69 Å². The summed E-state index contributed by atoms with van der Waals surface area (Å²) >= 11 is 0.782. The first-order chi connectivity index (χ1) is 8.69. The predicted octanol–water partition coefficient (Wildman–Crippen LogP) is 2.06. The first kappa shape index (κ1) is 16.3. The zero-order chi connectivity index (χ0) is 14.7. The van der Waals surface area contributed by atoms with E-state index in [4.69, 9.17) is 0 Å². The van der Waals surface area contributed by atoms with Gasteiger partial charge in [0.25, 0.3) is 10.2 Å². The molecule has 1 heterocycles. The number of nitrogens with zero attached hydrogens (tertiary/aromatic N) is 1. The van der Waals surface area contributed by atoms with Gasteiger partial charge in [-0.2, -0.15) is 26.3 Å². The molecule has 1 aromatic rings. The van der Waals surface area contributed by atoms with Crippen molar-refractivity contribution in [2.75, 3.05) is 6.54 Å². The molecule has 110 valence electrons. The molecule has 0 bridgehead atoms. The van der Waals surface area contributed by atoms with Crippen molar-refractivity contribution in [1.82, 2.24) is 14.4 Å². The fourth-order valence-corrected chi connectivity index (χ4v) is 3.46. The summed E-state index contributed by atoms with van der Waals surface area (Å²) in [6.45, 7) is 3.45. The second kappa shape index (κ2) is 6.16. The number of hydrogen-bond donors (Lipinski definition) is 2. The summed E-state index contributed by atoms with van der Waals surface area (Å²) < 4.78 is 64.8. The molecule has 0 unspecified atom stereocenters. The molecule has 1 atom stereocenters. The molecular weight excluding hydrogens is 303 g/mol. The molecule has 19 heavy (non-hydrogen) atoms. The lowest BCUT2D eigenvalue weighted by Crippen LogP contribution is -2.38. The van der Waals surface area contributed by atoms with Gasteiger partial charge in [-0.1, -0.05) is 13.8 Å². The Morgan fingerprint density at radius 2 is 2.05 bits per heavy atom. The lowest BCUT2D eigenvalue weighted by Gasteiger charge is -2.14. The fraction of sp³-hybridized carbons (Fsp3) is 0.667. The van der Waals surface area contributed by atoms with E-state index in [1.54, 1.807) is 13.8 Å². The molecule has 0 aromatic carbocycles.